The number of hydrogen-bond donors (Lipinski definition) is 1. The molecule has 1 heterocycles. The molecule has 2 aromatic rings. The molecule has 0 saturated carbocycles. The molecule has 7 heteroatoms. The molecule has 2 aromatic carbocycles. The van der Waals surface area contributed by atoms with E-state index in [1.165, 1.54) is 28.6 Å². The van der Waals surface area contributed by atoms with Crippen LogP contribution >= 0.6 is 0 Å². The third-order valence-electron chi connectivity index (χ3n) is 5.00. The molecule has 0 aliphatic carbocycles. The van der Waals surface area contributed by atoms with Crippen LogP contribution in [0.15, 0.2) is 48.5 Å². The van der Waals surface area contributed by atoms with Gasteiger partial charge < -0.3 is 5.32 Å². The van der Waals surface area contributed by atoms with Crippen LogP contribution in [0.5, 0.6) is 0 Å². The summed E-state index contributed by atoms with van der Waals surface area (Å²) in [4.78, 5) is 12.5. The number of piperidine rings is 1. The lowest BCUT2D eigenvalue weighted by Crippen LogP contribution is -2.45. The molecule has 1 atom stereocenters. The fourth-order valence-electron chi connectivity index (χ4n) is 3.33. The average Bonchev–Trinajstić information content (AvgIpc) is 2.69. The third kappa shape index (κ3) is 5.39. The highest BCUT2D eigenvalue weighted by Crippen LogP contribution is 2.22. The smallest absolute Gasteiger partial charge is 0.224 e. The molecular formula is C21H25FN2O3S. The van der Waals surface area contributed by atoms with Gasteiger partial charge in [0.1, 0.15) is 5.82 Å². The average molecular weight is 405 g/mol. The number of amides is 1. The largest absolute Gasteiger partial charge is 0.352 e. The summed E-state index contributed by atoms with van der Waals surface area (Å²) in [6.45, 7) is 3.03. The van der Waals surface area contributed by atoms with Crippen molar-refractivity contribution in [3.63, 3.8) is 0 Å². The lowest BCUT2D eigenvalue weighted by molar-refractivity contribution is -0.126. The summed E-state index contributed by atoms with van der Waals surface area (Å²) in [6.07, 6.45) is 1.31. The first-order valence-corrected chi connectivity index (χ1v) is 11.0. The van der Waals surface area contributed by atoms with E-state index in [4.69, 9.17) is 0 Å². The summed E-state index contributed by atoms with van der Waals surface area (Å²) in [6, 6.07) is 13.4. The van der Waals surface area contributed by atoms with Gasteiger partial charge in [-0.05, 0) is 43.0 Å². The normalized spacial score (nSPS) is 18.0. The van der Waals surface area contributed by atoms with E-state index in [-0.39, 0.29) is 24.1 Å². The van der Waals surface area contributed by atoms with Gasteiger partial charge in [0.05, 0.1) is 11.7 Å². The van der Waals surface area contributed by atoms with Crippen molar-refractivity contribution in [1.29, 1.82) is 0 Å². The van der Waals surface area contributed by atoms with Gasteiger partial charge in [-0.15, -0.1) is 0 Å². The Morgan fingerprint density at radius 3 is 2.43 bits per heavy atom. The quantitative estimate of drug-likeness (QED) is 0.805. The molecule has 28 heavy (non-hydrogen) atoms. The van der Waals surface area contributed by atoms with Gasteiger partial charge in [0.15, 0.2) is 0 Å². The molecule has 3 rings (SSSR count). The molecule has 1 saturated heterocycles. The van der Waals surface area contributed by atoms with Gasteiger partial charge in [0.25, 0.3) is 0 Å². The van der Waals surface area contributed by atoms with Crippen LogP contribution in [0.3, 0.4) is 0 Å². The second-order valence-corrected chi connectivity index (χ2v) is 9.25. The SMILES string of the molecule is Cc1ccc(CNC(=O)C2CCCN(S(=O)(=O)Cc3ccc(F)cc3)C2)cc1. The molecule has 0 aromatic heterocycles. The Hall–Kier alpha value is -2.25. The van der Waals surface area contributed by atoms with E-state index in [1.54, 1.807) is 0 Å². The minimum Gasteiger partial charge on any atom is -0.352 e. The molecular weight excluding hydrogens is 379 g/mol. The molecule has 1 fully saturated rings. The summed E-state index contributed by atoms with van der Waals surface area (Å²) in [5, 5.41) is 2.91. The first-order valence-electron chi connectivity index (χ1n) is 9.39. The lowest BCUT2D eigenvalue weighted by atomic mass is 9.98. The molecule has 5 nitrogen and oxygen atoms in total. The number of halogens is 1. The number of rotatable bonds is 6. The minimum absolute atomic E-state index is 0.123. The summed E-state index contributed by atoms with van der Waals surface area (Å²) >= 11 is 0. The zero-order chi connectivity index (χ0) is 20.1. The van der Waals surface area contributed by atoms with Crippen molar-refractivity contribution in [2.75, 3.05) is 13.1 Å². The van der Waals surface area contributed by atoms with Crippen LogP contribution in [0.1, 0.15) is 29.5 Å². The molecule has 0 bridgehead atoms. The molecule has 150 valence electrons. The standard InChI is InChI=1S/C21H25FN2O3S/c1-16-4-6-17(7-5-16)13-23-21(25)19-3-2-12-24(14-19)28(26,27)15-18-8-10-20(22)11-9-18/h4-11,19H,2-3,12-15H2,1H3,(H,23,25). The number of hydrogen-bond acceptors (Lipinski definition) is 3. The van der Waals surface area contributed by atoms with Crippen LogP contribution < -0.4 is 5.32 Å². The van der Waals surface area contributed by atoms with Crippen molar-refractivity contribution >= 4 is 15.9 Å². The first kappa shape index (κ1) is 20.5. The maximum atomic E-state index is 13.0. The lowest BCUT2D eigenvalue weighted by Gasteiger charge is -2.31. The van der Waals surface area contributed by atoms with E-state index >= 15 is 0 Å². The number of sulfonamides is 1. The van der Waals surface area contributed by atoms with Crippen LogP contribution in [0.4, 0.5) is 4.39 Å². The highest BCUT2D eigenvalue weighted by atomic mass is 32.2. The number of carbonyl (C=O) groups excluding carboxylic acids is 1. The molecule has 1 N–H and O–H groups in total. The maximum Gasteiger partial charge on any atom is 0.224 e. The van der Waals surface area contributed by atoms with Crippen LogP contribution in [0.2, 0.25) is 0 Å². The Labute approximate surface area is 165 Å². The number of nitrogens with one attached hydrogen (secondary N) is 1. The van der Waals surface area contributed by atoms with Crippen molar-refractivity contribution in [3.8, 4) is 0 Å². The van der Waals surface area contributed by atoms with E-state index < -0.39 is 15.8 Å². The fraction of sp³-hybridized carbons (Fsp3) is 0.381. The van der Waals surface area contributed by atoms with Gasteiger partial charge in [-0.2, -0.15) is 0 Å². The summed E-state index contributed by atoms with van der Waals surface area (Å²) in [5.74, 6) is -1.07. The van der Waals surface area contributed by atoms with Gasteiger partial charge in [0, 0.05) is 19.6 Å². The van der Waals surface area contributed by atoms with Crippen molar-refractivity contribution in [2.24, 2.45) is 5.92 Å². The number of benzene rings is 2. The second-order valence-electron chi connectivity index (χ2n) is 7.28. The van der Waals surface area contributed by atoms with Crippen LogP contribution in [0.25, 0.3) is 0 Å². The Morgan fingerprint density at radius 1 is 1.11 bits per heavy atom. The Bertz CT molecular complexity index is 912. The van der Waals surface area contributed by atoms with E-state index in [0.717, 1.165) is 11.1 Å². The zero-order valence-corrected chi connectivity index (χ0v) is 16.7. The minimum atomic E-state index is -3.56. The van der Waals surface area contributed by atoms with Crippen molar-refractivity contribution < 1.29 is 17.6 Å². The predicted octanol–water partition coefficient (Wildman–Crippen LogP) is 2.99. The van der Waals surface area contributed by atoms with Gasteiger partial charge in [-0.3, -0.25) is 4.79 Å². The van der Waals surface area contributed by atoms with Gasteiger partial charge >= 0.3 is 0 Å². The highest BCUT2D eigenvalue weighted by molar-refractivity contribution is 7.88. The maximum absolute atomic E-state index is 13.0. The van der Waals surface area contributed by atoms with Crippen LogP contribution in [0, 0.1) is 18.7 Å². The third-order valence-corrected chi connectivity index (χ3v) is 6.81. The summed E-state index contributed by atoms with van der Waals surface area (Å²) in [7, 11) is -3.56. The van der Waals surface area contributed by atoms with Crippen molar-refractivity contribution in [1.82, 2.24) is 9.62 Å². The zero-order valence-electron chi connectivity index (χ0n) is 15.9. The van der Waals surface area contributed by atoms with Crippen molar-refractivity contribution in [3.05, 3.63) is 71.0 Å². The molecule has 1 amide bonds. The van der Waals surface area contributed by atoms with E-state index in [2.05, 4.69) is 5.32 Å². The molecule has 1 aliphatic rings. The van der Waals surface area contributed by atoms with Crippen LogP contribution in [-0.4, -0.2) is 31.7 Å². The molecule has 0 spiro atoms. The predicted molar refractivity (Wildman–Crippen MR) is 106 cm³/mol. The Kier molecular flexibility index (Phi) is 6.46. The van der Waals surface area contributed by atoms with Crippen LogP contribution in [-0.2, 0) is 27.1 Å². The van der Waals surface area contributed by atoms with E-state index in [9.17, 15) is 17.6 Å². The van der Waals surface area contributed by atoms with E-state index in [0.29, 0.717) is 31.5 Å². The molecule has 1 aliphatic heterocycles. The highest BCUT2D eigenvalue weighted by Gasteiger charge is 2.32. The van der Waals surface area contributed by atoms with Crippen molar-refractivity contribution in [2.45, 2.75) is 32.1 Å². The van der Waals surface area contributed by atoms with Gasteiger partial charge in [-0.25, -0.2) is 17.1 Å². The number of aryl methyl sites for hydroxylation is 1. The topological polar surface area (TPSA) is 66.5 Å². The Balaban J connectivity index is 1.58. The summed E-state index contributed by atoms with van der Waals surface area (Å²) < 4.78 is 39.8. The molecule has 1 unspecified atom stereocenters. The van der Waals surface area contributed by atoms with Gasteiger partial charge in [0.2, 0.25) is 15.9 Å². The van der Waals surface area contributed by atoms with Gasteiger partial charge in [-0.1, -0.05) is 42.0 Å². The monoisotopic (exact) mass is 404 g/mol. The Morgan fingerprint density at radius 2 is 1.75 bits per heavy atom. The second kappa shape index (κ2) is 8.84. The molecule has 0 radical (unpaired) electrons. The fourth-order valence-corrected chi connectivity index (χ4v) is 4.94. The number of nitrogens with zero attached hydrogens (tertiary/aromatic N) is 1. The first-order chi connectivity index (χ1) is 13.3. The summed E-state index contributed by atoms with van der Waals surface area (Å²) in [5.41, 5.74) is 2.70. The number of carbonyl (C=O) groups is 1. The van der Waals surface area contributed by atoms with E-state index in [1.807, 2.05) is 31.2 Å².